The molecule has 1 fully saturated rings. The Balaban J connectivity index is 1.88. The lowest BCUT2D eigenvalue weighted by Gasteiger charge is -2.20. The minimum atomic E-state index is -0.238. The molecule has 1 aromatic heterocycles. The molecular formula is C14H18FN5. The van der Waals surface area contributed by atoms with Gasteiger partial charge in [0.15, 0.2) is 0 Å². The van der Waals surface area contributed by atoms with Crippen molar-refractivity contribution in [3.8, 4) is 0 Å². The molecule has 20 heavy (non-hydrogen) atoms. The Bertz CT molecular complexity index is 586. The number of nitrogens with zero attached hydrogens (tertiary/aromatic N) is 5. The SMILES string of the molecule is CN(c1ccc(F)cc1)c1nnc(N2CCCC2)n1C. The van der Waals surface area contributed by atoms with Crippen LogP contribution in [0.2, 0.25) is 0 Å². The first-order valence-electron chi connectivity index (χ1n) is 6.80. The zero-order valence-corrected chi connectivity index (χ0v) is 11.8. The van der Waals surface area contributed by atoms with Crippen LogP contribution in [0.3, 0.4) is 0 Å². The highest BCUT2D eigenvalue weighted by molar-refractivity contribution is 5.57. The van der Waals surface area contributed by atoms with E-state index in [-0.39, 0.29) is 5.82 Å². The normalized spacial score (nSPS) is 14.8. The molecule has 0 aliphatic carbocycles. The van der Waals surface area contributed by atoms with Gasteiger partial charge in [-0.05, 0) is 37.1 Å². The maximum atomic E-state index is 13.0. The minimum absolute atomic E-state index is 0.238. The van der Waals surface area contributed by atoms with Gasteiger partial charge in [0, 0.05) is 32.9 Å². The maximum absolute atomic E-state index is 13.0. The van der Waals surface area contributed by atoms with Gasteiger partial charge in [-0.2, -0.15) is 0 Å². The molecule has 0 bridgehead atoms. The van der Waals surface area contributed by atoms with E-state index in [0.29, 0.717) is 0 Å². The van der Waals surface area contributed by atoms with Crippen molar-refractivity contribution in [1.82, 2.24) is 14.8 Å². The van der Waals surface area contributed by atoms with E-state index < -0.39 is 0 Å². The highest BCUT2D eigenvalue weighted by atomic mass is 19.1. The molecule has 0 N–H and O–H groups in total. The molecule has 1 aliphatic rings. The van der Waals surface area contributed by atoms with Crippen molar-refractivity contribution in [3.05, 3.63) is 30.1 Å². The molecule has 2 aromatic rings. The zero-order chi connectivity index (χ0) is 14.1. The van der Waals surface area contributed by atoms with Gasteiger partial charge in [-0.3, -0.25) is 4.57 Å². The van der Waals surface area contributed by atoms with Crippen LogP contribution < -0.4 is 9.80 Å². The van der Waals surface area contributed by atoms with E-state index in [0.717, 1.165) is 30.7 Å². The molecule has 1 aromatic carbocycles. The molecule has 5 nitrogen and oxygen atoms in total. The standard InChI is InChI=1S/C14H18FN5/c1-18(12-7-5-11(15)6-8-12)13-16-17-14(19(13)2)20-9-3-4-10-20/h5-8H,3-4,9-10H2,1-2H3. The Morgan fingerprint density at radius 2 is 1.75 bits per heavy atom. The van der Waals surface area contributed by atoms with Crippen molar-refractivity contribution < 1.29 is 4.39 Å². The molecule has 0 unspecified atom stereocenters. The molecule has 1 aliphatic heterocycles. The molecule has 0 spiro atoms. The summed E-state index contributed by atoms with van der Waals surface area (Å²) in [7, 11) is 3.87. The number of hydrogen-bond acceptors (Lipinski definition) is 4. The van der Waals surface area contributed by atoms with Gasteiger partial charge in [0.1, 0.15) is 5.82 Å². The van der Waals surface area contributed by atoms with Gasteiger partial charge in [-0.25, -0.2) is 4.39 Å². The van der Waals surface area contributed by atoms with Gasteiger partial charge in [-0.1, -0.05) is 0 Å². The largest absolute Gasteiger partial charge is 0.341 e. The van der Waals surface area contributed by atoms with Crippen LogP contribution in [0.1, 0.15) is 12.8 Å². The molecule has 106 valence electrons. The lowest BCUT2D eigenvalue weighted by Crippen LogP contribution is -2.22. The number of benzene rings is 1. The summed E-state index contributed by atoms with van der Waals surface area (Å²) in [6, 6.07) is 6.37. The van der Waals surface area contributed by atoms with Crippen LogP contribution in [0.25, 0.3) is 0 Å². The van der Waals surface area contributed by atoms with Crippen LogP contribution in [-0.2, 0) is 7.05 Å². The van der Waals surface area contributed by atoms with Gasteiger partial charge in [0.2, 0.25) is 11.9 Å². The van der Waals surface area contributed by atoms with Crippen molar-refractivity contribution in [2.75, 3.05) is 29.9 Å². The first kappa shape index (κ1) is 12.9. The van der Waals surface area contributed by atoms with Crippen molar-refractivity contribution in [2.24, 2.45) is 7.05 Å². The fourth-order valence-electron chi connectivity index (χ4n) is 2.58. The molecule has 2 heterocycles. The lowest BCUT2D eigenvalue weighted by molar-refractivity contribution is 0.628. The first-order chi connectivity index (χ1) is 9.66. The Kier molecular flexibility index (Phi) is 3.30. The fraction of sp³-hybridized carbons (Fsp3) is 0.429. The Hall–Kier alpha value is -2.11. The number of hydrogen-bond donors (Lipinski definition) is 0. The average molecular weight is 275 g/mol. The molecule has 0 saturated carbocycles. The number of aromatic nitrogens is 3. The smallest absolute Gasteiger partial charge is 0.232 e. The highest BCUT2D eigenvalue weighted by Crippen LogP contribution is 2.26. The van der Waals surface area contributed by atoms with Crippen LogP contribution in [0.4, 0.5) is 22.0 Å². The second kappa shape index (κ2) is 5.11. The van der Waals surface area contributed by atoms with Crippen LogP contribution in [0.5, 0.6) is 0 Å². The topological polar surface area (TPSA) is 37.2 Å². The van der Waals surface area contributed by atoms with E-state index in [2.05, 4.69) is 15.1 Å². The fourth-order valence-corrected chi connectivity index (χ4v) is 2.58. The van der Waals surface area contributed by atoms with Crippen molar-refractivity contribution >= 4 is 17.6 Å². The van der Waals surface area contributed by atoms with Crippen LogP contribution in [-0.4, -0.2) is 34.9 Å². The van der Waals surface area contributed by atoms with E-state index in [1.807, 2.05) is 23.6 Å². The highest BCUT2D eigenvalue weighted by Gasteiger charge is 2.21. The summed E-state index contributed by atoms with van der Waals surface area (Å²) < 4.78 is 15.0. The lowest BCUT2D eigenvalue weighted by atomic mass is 10.3. The third-order valence-corrected chi connectivity index (χ3v) is 3.73. The van der Waals surface area contributed by atoms with Crippen LogP contribution in [0.15, 0.2) is 24.3 Å². The molecule has 3 rings (SSSR count). The van der Waals surface area contributed by atoms with E-state index >= 15 is 0 Å². The number of anilines is 3. The second-order valence-electron chi connectivity index (χ2n) is 5.09. The molecule has 6 heteroatoms. The zero-order valence-electron chi connectivity index (χ0n) is 11.8. The number of rotatable bonds is 3. The average Bonchev–Trinajstić information content (AvgIpc) is 3.08. The van der Waals surface area contributed by atoms with Crippen molar-refractivity contribution in [1.29, 1.82) is 0 Å². The number of halogens is 1. The van der Waals surface area contributed by atoms with E-state index in [1.165, 1.54) is 25.0 Å². The third kappa shape index (κ3) is 2.21. The summed E-state index contributed by atoms with van der Waals surface area (Å²) >= 11 is 0. The Labute approximate surface area is 117 Å². The van der Waals surface area contributed by atoms with Crippen LogP contribution >= 0.6 is 0 Å². The molecular weight excluding hydrogens is 257 g/mol. The molecule has 0 amide bonds. The Morgan fingerprint density at radius 3 is 2.40 bits per heavy atom. The van der Waals surface area contributed by atoms with Gasteiger partial charge >= 0.3 is 0 Å². The predicted octanol–water partition coefficient (Wildman–Crippen LogP) is 2.32. The predicted molar refractivity (Wildman–Crippen MR) is 76.9 cm³/mol. The minimum Gasteiger partial charge on any atom is -0.341 e. The van der Waals surface area contributed by atoms with E-state index in [1.54, 1.807) is 12.1 Å². The van der Waals surface area contributed by atoms with Crippen LogP contribution in [0, 0.1) is 5.82 Å². The van der Waals surface area contributed by atoms with Gasteiger partial charge in [0.05, 0.1) is 0 Å². The first-order valence-corrected chi connectivity index (χ1v) is 6.80. The Morgan fingerprint density at radius 1 is 1.10 bits per heavy atom. The van der Waals surface area contributed by atoms with Crippen molar-refractivity contribution in [3.63, 3.8) is 0 Å². The van der Waals surface area contributed by atoms with E-state index in [4.69, 9.17) is 0 Å². The quantitative estimate of drug-likeness (QED) is 0.861. The van der Waals surface area contributed by atoms with Gasteiger partial charge in [-0.15, -0.1) is 10.2 Å². The monoisotopic (exact) mass is 275 g/mol. The molecule has 1 saturated heterocycles. The summed E-state index contributed by atoms with van der Waals surface area (Å²) in [5.74, 6) is 1.41. The maximum Gasteiger partial charge on any atom is 0.232 e. The van der Waals surface area contributed by atoms with Gasteiger partial charge in [0.25, 0.3) is 0 Å². The summed E-state index contributed by atoms with van der Waals surface area (Å²) in [5, 5.41) is 8.55. The van der Waals surface area contributed by atoms with E-state index in [9.17, 15) is 4.39 Å². The summed E-state index contributed by atoms with van der Waals surface area (Å²) in [4.78, 5) is 4.15. The third-order valence-electron chi connectivity index (χ3n) is 3.73. The van der Waals surface area contributed by atoms with Gasteiger partial charge < -0.3 is 9.80 Å². The summed E-state index contributed by atoms with van der Waals surface area (Å²) in [5.41, 5.74) is 0.884. The summed E-state index contributed by atoms with van der Waals surface area (Å²) in [6.07, 6.45) is 2.41. The molecule has 0 atom stereocenters. The molecule has 0 radical (unpaired) electrons. The second-order valence-corrected chi connectivity index (χ2v) is 5.09. The summed E-state index contributed by atoms with van der Waals surface area (Å²) in [6.45, 7) is 2.07. The van der Waals surface area contributed by atoms with Crippen molar-refractivity contribution in [2.45, 2.75) is 12.8 Å².